The van der Waals surface area contributed by atoms with Gasteiger partial charge in [0.15, 0.2) is 0 Å². The number of rotatable bonds is 1. The van der Waals surface area contributed by atoms with E-state index in [1.54, 1.807) is 0 Å². The number of benzene rings is 2. The summed E-state index contributed by atoms with van der Waals surface area (Å²) in [6, 6.07) is 10.7. The number of fused-ring (bicyclic) bond motifs is 1. The molecule has 112 valence electrons. The third kappa shape index (κ3) is 2.35. The Bertz CT molecular complexity index is 892. The molecule has 1 heterocycles. The van der Waals surface area contributed by atoms with Crippen molar-refractivity contribution in [2.45, 2.75) is 34.6 Å². The molecule has 0 unspecified atom stereocenters. The molecule has 0 aliphatic carbocycles. The Morgan fingerprint density at radius 2 is 1.27 bits per heavy atom. The minimum absolute atomic E-state index is 0.790. The highest BCUT2D eigenvalue weighted by Gasteiger charge is 2.10. The van der Waals surface area contributed by atoms with Crippen LogP contribution in [0, 0.1) is 34.6 Å². The van der Waals surface area contributed by atoms with E-state index in [-0.39, 0.29) is 0 Å². The lowest BCUT2D eigenvalue weighted by molar-refractivity contribution is 1.29. The minimum Gasteiger partial charge on any atom is -0.398 e. The zero-order valence-corrected chi connectivity index (χ0v) is 13.9. The average Bonchev–Trinajstić information content (AvgIpc) is 2.45. The molecular weight excluding hydrogens is 268 g/mol. The molecule has 0 radical (unpaired) electrons. The minimum atomic E-state index is 0.790. The van der Waals surface area contributed by atoms with Gasteiger partial charge in [0.1, 0.15) is 0 Å². The summed E-state index contributed by atoms with van der Waals surface area (Å²) >= 11 is 0. The first-order chi connectivity index (χ1) is 10.4. The molecule has 0 spiro atoms. The molecule has 22 heavy (non-hydrogen) atoms. The van der Waals surface area contributed by atoms with E-state index in [4.69, 9.17) is 10.7 Å². The van der Waals surface area contributed by atoms with Gasteiger partial charge in [0, 0.05) is 16.6 Å². The van der Waals surface area contributed by atoms with Crippen molar-refractivity contribution in [1.29, 1.82) is 0 Å². The zero-order chi connectivity index (χ0) is 16.0. The largest absolute Gasteiger partial charge is 0.398 e. The lowest BCUT2D eigenvalue weighted by Crippen LogP contribution is -1.97. The number of nitrogen functional groups attached to an aromatic ring is 1. The Morgan fingerprint density at radius 1 is 0.682 bits per heavy atom. The van der Waals surface area contributed by atoms with Crippen molar-refractivity contribution < 1.29 is 0 Å². The van der Waals surface area contributed by atoms with Crippen LogP contribution in [0.2, 0.25) is 0 Å². The molecule has 0 saturated heterocycles. The van der Waals surface area contributed by atoms with Gasteiger partial charge in [0.25, 0.3) is 0 Å². The van der Waals surface area contributed by atoms with E-state index in [2.05, 4.69) is 58.9 Å². The highest BCUT2D eigenvalue weighted by molar-refractivity contribution is 5.88. The Labute approximate surface area is 132 Å². The quantitative estimate of drug-likeness (QED) is 0.639. The Morgan fingerprint density at radius 3 is 2.00 bits per heavy atom. The lowest BCUT2D eigenvalue weighted by Gasteiger charge is -2.12. The van der Waals surface area contributed by atoms with Crippen molar-refractivity contribution in [3.05, 3.63) is 58.1 Å². The molecular formula is C20H22N2. The van der Waals surface area contributed by atoms with E-state index in [1.807, 2.05) is 6.07 Å². The number of hydrogen-bond donors (Lipinski definition) is 1. The molecule has 1 aromatic heterocycles. The van der Waals surface area contributed by atoms with Crippen LogP contribution >= 0.6 is 0 Å². The third-order valence-electron chi connectivity index (χ3n) is 4.57. The molecule has 2 heteroatoms. The van der Waals surface area contributed by atoms with Gasteiger partial charge in [-0.05, 0) is 92.8 Å². The van der Waals surface area contributed by atoms with Crippen LogP contribution in [0.1, 0.15) is 27.8 Å². The zero-order valence-electron chi connectivity index (χ0n) is 13.9. The smallest absolute Gasteiger partial charge is 0.0733 e. The SMILES string of the molecule is Cc1cc(N)c(-c2cc(C)c3cc(C)c(C)cc3n2)cc1C. The fourth-order valence-electron chi connectivity index (χ4n) is 2.85. The highest BCUT2D eigenvalue weighted by atomic mass is 14.7. The van der Waals surface area contributed by atoms with Crippen molar-refractivity contribution in [2.75, 3.05) is 5.73 Å². The van der Waals surface area contributed by atoms with Crippen LogP contribution in [-0.2, 0) is 0 Å². The molecule has 0 fully saturated rings. The second-order valence-corrected chi connectivity index (χ2v) is 6.30. The van der Waals surface area contributed by atoms with Gasteiger partial charge in [-0.2, -0.15) is 0 Å². The first-order valence-electron chi connectivity index (χ1n) is 7.62. The van der Waals surface area contributed by atoms with E-state index in [1.165, 1.54) is 33.2 Å². The van der Waals surface area contributed by atoms with E-state index >= 15 is 0 Å². The predicted molar refractivity (Wildman–Crippen MR) is 95.3 cm³/mol. The van der Waals surface area contributed by atoms with Gasteiger partial charge < -0.3 is 5.73 Å². The van der Waals surface area contributed by atoms with Crippen molar-refractivity contribution >= 4 is 16.6 Å². The summed E-state index contributed by atoms with van der Waals surface area (Å²) in [6.45, 7) is 10.6. The molecule has 0 saturated carbocycles. The van der Waals surface area contributed by atoms with E-state index in [9.17, 15) is 0 Å². The van der Waals surface area contributed by atoms with Crippen LogP contribution < -0.4 is 5.73 Å². The summed E-state index contributed by atoms with van der Waals surface area (Å²) in [5, 5.41) is 1.22. The Balaban J connectivity index is 2.29. The van der Waals surface area contributed by atoms with Gasteiger partial charge in [-0.25, -0.2) is 4.98 Å². The van der Waals surface area contributed by atoms with Crippen molar-refractivity contribution in [3.8, 4) is 11.3 Å². The first-order valence-corrected chi connectivity index (χ1v) is 7.62. The molecule has 3 aromatic rings. The van der Waals surface area contributed by atoms with Crippen molar-refractivity contribution in [3.63, 3.8) is 0 Å². The number of aryl methyl sites for hydroxylation is 5. The number of pyridine rings is 1. The summed E-state index contributed by atoms with van der Waals surface area (Å²) < 4.78 is 0. The monoisotopic (exact) mass is 290 g/mol. The maximum atomic E-state index is 6.23. The Kier molecular flexibility index (Phi) is 3.40. The standard InChI is InChI=1S/C20H22N2/c1-11-6-16-15(5)10-20(22-19(16)9-14(11)4)17-7-12(2)13(3)8-18(17)21/h6-10H,21H2,1-5H3. The molecule has 0 bridgehead atoms. The summed E-state index contributed by atoms with van der Waals surface area (Å²) in [5.41, 5.74) is 16.3. The van der Waals surface area contributed by atoms with Gasteiger partial charge in [-0.3, -0.25) is 0 Å². The molecule has 2 aromatic carbocycles. The van der Waals surface area contributed by atoms with E-state index < -0.39 is 0 Å². The molecule has 2 nitrogen and oxygen atoms in total. The topological polar surface area (TPSA) is 38.9 Å². The second-order valence-electron chi connectivity index (χ2n) is 6.30. The molecule has 0 amide bonds. The van der Waals surface area contributed by atoms with Gasteiger partial charge in [-0.1, -0.05) is 0 Å². The average molecular weight is 290 g/mol. The first kappa shape index (κ1) is 14.6. The Hall–Kier alpha value is -2.35. The molecule has 0 aliphatic rings. The normalized spacial score (nSPS) is 11.1. The maximum Gasteiger partial charge on any atom is 0.0733 e. The second kappa shape index (κ2) is 5.13. The van der Waals surface area contributed by atoms with Crippen molar-refractivity contribution in [1.82, 2.24) is 4.98 Å². The van der Waals surface area contributed by atoms with Crippen LogP contribution in [0.15, 0.2) is 30.3 Å². The van der Waals surface area contributed by atoms with Crippen LogP contribution in [-0.4, -0.2) is 4.98 Å². The van der Waals surface area contributed by atoms with Crippen LogP contribution in [0.25, 0.3) is 22.2 Å². The number of hydrogen-bond acceptors (Lipinski definition) is 2. The molecule has 0 atom stereocenters. The van der Waals surface area contributed by atoms with Crippen LogP contribution in [0.4, 0.5) is 5.69 Å². The van der Waals surface area contributed by atoms with Crippen LogP contribution in [0.3, 0.4) is 0 Å². The predicted octanol–water partition coefficient (Wildman–Crippen LogP) is 5.03. The maximum absolute atomic E-state index is 6.23. The fourth-order valence-corrected chi connectivity index (χ4v) is 2.85. The molecule has 2 N–H and O–H groups in total. The van der Waals surface area contributed by atoms with Crippen molar-refractivity contribution in [2.24, 2.45) is 0 Å². The lowest BCUT2D eigenvalue weighted by atomic mass is 9.98. The van der Waals surface area contributed by atoms with Gasteiger partial charge in [0.05, 0.1) is 11.2 Å². The van der Waals surface area contributed by atoms with Gasteiger partial charge in [-0.15, -0.1) is 0 Å². The van der Waals surface area contributed by atoms with E-state index in [0.29, 0.717) is 0 Å². The van der Waals surface area contributed by atoms with Gasteiger partial charge >= 0.3 is 0 Å². The molecule has 3 rings (SSSR count). The number of aromatic nitrogens is 1. The van der Waals surface area contributed by atoms with Gasteiger partial charge in [0.2, 0.25) is 0 Å². The highest BCUT2D eigenvalue weighted by Crippen LogP contribution is 2.31. The summed E-state index contributed by atoms with van der Waals surface area (Å²) in [7, 11) is 0. The number of anilines is 1. The third-order valence-corrected chi connectivity index (χ3v) is 4.57. The van der Waals surface area contributed by atoms with E-state index in [0.717, 1.165) is 22.5 Å². The summed E-state index contributed by atoms with van der Waals surface area (Å²) in [5.74, 6) is 0. The summed E-state index contributed by atoms with van der Waals surface area (Å²) in [4.78, 5) is 4.86. The molecule has 0 aliphatic heterocycles. The number of nitrogens with zero attached hydrogens (tertiary/aromatic N) is 1. The number of nitrogens with two attached hydrogens (primary N) is 1. The fraction of sp³-hybridized carbons (Fsp3) is 0.250. The van der Waals surface area contributed by atoms with Crippen LogP contribution in [0.5, 0.6) is 0 Å². The summed E-state index contributed by atoms with van der Waals surface area (Å²) in [6.07, 6.45) is 0.